The van der Waals surface area contributed by atoms with Gasteiger partial charge < -0.3 is 16.0 Å². The summed E-state index contributed by atoms with van der Waals surface area (Å²) in [6.07, 6.45) is 3.01. The molecule has 0 spiro atoms. The molecule has 3 saturated heterocycles. The lowest BCUT2D eigenvalue weighted by molar-refractivity contribution is -0.120. The third kappa shape index (κ3) is 20.4. The van der Waals surface area contributed by atoms with E-state index in [1.807, 2.05) is 127 Å². The number of likely N-dealkylation sites (N-methyl/N-ethyl adjacent to an activating group) is 3. The molecule has 18 nitrogen and oxygen atoms in total. The molecule has 528 valence electrons. The minimum atomic E-state index is -3.87. The molecule has 3 aliphatic rings. The van der Waals surface area contributed by atoms with Gasteiger partial charge in [-0.05, 0) is 127 Å². The van der Waals surface area contributed by atoms with Crippen molar-refractivity contribution in [2.75, 3.05) is 37.1 Å². The lowest BCUT2D eigenvalue weighted by Gasteiger charge is -2.35. The van der Waals surface area contributed by atoms with Crippen molar-refractivity contribution >= 4 is 134 Å². The molecular formula is C69H75Cl3F3N9O9S6. The standard InChI is InChI=1S/3C22H21ClFN3O3S2.3CH4/c3*1-27-20(22(28)25-15-7-9-18(24)17(23)12-15)13-19(26-32(27,29)30)21-10-8-16(31-21)11-14-5-3-2-4-6-14;;;/h3*2-10,12,19-20,26H,11,13H2,1H3,(H,25,28);3*1H4/t2*19-,20+;;;;/m10..../s1. The van der Waals surface area contributed by atoms with Crippen LogP contribution in [-0.4, -0.2) is 95.2 Å². The summed E-state index contributed by atoms with van der Waals surface area (Å²) in [5.74, 6) is -3.33. The zero-order valence-corrected chi connectivity index (χ0v) is 58.4. The number of hydrogen-bond donors (Lipinski definition) is 6. The van der Waals surface area contributed by atoms with E-state index in [1.54, 1.807) is 0 Å². The number of nitrogens with zero attached hydrogens (tertiary/aromatic N) is 3. The third-order valence-corrected chi connectivity index (χ3v) is 25.2. The fourth-order valence-corrected chi connectivity index (χ4v) is 18.6. The van der Waals surface area contributed by atoms with Crippen LogP contribution in [0.15, 0.2) is 182 Å². The quantitative estimate of drug-likeness (QED) is 0.0572. The predicted molar refractivity (Wildman–Crippen MR) is 394 cm³/mol. The Morgan fingerprint density at radius 1 is 0.404 bits per heavy atom. The van der Waals surface area contributed by atoms with Crippen LogP contribution in [0.4, 0.5) is 30.2 Å². The SMILES string of the molecule is C.C.C.CN1C(C(=O)Nc2ccc(F)c(Cl)c2)CC(c2ccc(Cc3ccccc3)s2)NS1(=O)=O.CN1[C@@H](C(=O)Nc2ccc(F)c(Cl)c2)C[C@@H](c2ccc(Cc3ccccc3)s2)NS1(=O)=O.CN1[C@H](C(=O)Nc2ccc(F)c(Cl)c2)C[C@H](c2ccc(Cc3ccccc3)s2)NS1(=O)=O. The smallest absolute Gasteiger partial charge is 0.280 e. The Hall–Kier alpha value is -6.90. The summed E-state index contributed by atoms with van der Waals surface area (Å²) in [5, 5.41) is 7.53. The average Bonchev–Trinajstić information content (AvgIpc) is 1.74. The van der Waals surface area contributed by atoms with Crippen molar-refractivity contribution in [2.45, 2.75) is 97.1 Å². The third-order valence-electron chi connectivity index (χ3n) is 15.9. The number of thiophene rings is 3. The predicted octanol–water partition coefficient (Wildman–Crippen LogP) is 15.0. The highest BCUT2D eigenvalue weighted by Gasteiger charge is 2.44. The van der Waals surface area contributed by atoms with Gasteiger partial charge in [-0.2, -0.15) is 52.3 Å². The fraction of sp³-hybridized carbons (Fsp3) is 0.261. The summed E-state index contributed by atoms with van der Waals surface area (Å²) in [6, 6.07) is 48.7. The average molecular weight is 1530 g/mol. The molecule has 0 aliphatic carbocycles. The summed E-state index contributed by atoms with van der Waals surface area (Å²) in [5.41, 5.74) is 4.39. The lowest BCUT2D eigenvalue weighted by atomic mass is 10.1. The highest BCUT2D eigenvalue weighted by molar-refractivity contribution is 7.87. The van der Waals surface area contributed by atoms with Crippen LogP contribution in [0.5, 0.6) is 0 Å². The number of anilines is 3. The van der Waals surface area contributed by atoms with E-state index in [9.17, 15) is 52.8 Å². The second-order valence-electron chi connectivity index (χ2n) is 22.6. The summed E-state index contributed by atoms with van der Waals surface area (Å²) in [7, 11) is -7.53. The minimum absolute atomic E-state index is 0. The summed E-state index contributed by atoms with van der Waals surface area (Å²) in [4.78, 5) is 44.6. The van der Waals surface area contributed by atoms with Gasteiger partial charge in [-0.3, -0.25) is 14.4 Å². The van der Waals surface area contributed by atoms with Crippen molar-refractivity contribution in [3.63, 3.8) is 0 Å². The van der Waals surface area contributed by atoms with Crippen molar-refractivity contribution < 1.29 is 52.8 Å². The van der Waals surface area contributed by atoms with Gasteiger partial charge in [0.1, 0.15) is 35.6 Å². The van der Waals surface area contributed by atoms with Crippen LogP contribution in [0.2, 0.25) is 15.1 Å². The van der Waals surface area contributed by atoms with Gasteiger partial charge in [-0.25, -0.2) is 13.2 Å². The van der Waals surface area contributed by atoms with Crippen LogP contribution < -0.4 is 30.1 Å². The van der Waals surface area contributed by atoms with Crippen molar-refractivity contribution in [1.82, 2.24) is 27.1 Å². The molecule has 2 unspecified atom stereocenters. The van der Waals surface area contributed by atoms with Crippen molar-refractivity contribution in [3.05, 3.63) is 260 Å². The van der Waals surface area contributed by atoms with E-state index in [1.165, 1.54) is 108 Å². The van der Waals surface area contributed by atoms with E-state index >= 15 is 0 Å². The zero-order chi connectivity index (χ0) is 68.6. The highest BCUT2D eigenvalue weighted by atomic mass is 35.5. The van der Waals surface area contributed by atoms with Gasteiger partial charge in [0.15, 0.2) is 0 Å². The molecule has 12 rings (SSSR count). The number of rotatable bonds is 15. The maximum Gasteiger partial charge on any atom is 0.280 e. The molecule has 3 amide bonds. The van der Waals surface area contributed by atoms with Crippen LogP contribution in [-0.2, 0) is 64.3 Å². The van der Waals surface area contributed by atoms with E-state index in [2.05, 4.69) is 30.1 Å². The summed E-state index contributed by atoms with van der Waals surface area (Å²) in [6.45, 7) is 0. The molecule has 0 bridgehead atoms. The van der Waals surface area contributed by atoms with Crippen molar-refractivity contribution in [1.29, 1.82) is 0 Å². The largest absolute Gasteiger partial charge is 0.325 e. The molecule has 3 fully saturated rings. The number of carbonyl (C=O) groups excluding carboxylic acids is 3. The van der Waals surface area contributed by atoms with E-state index in [-0.39, 0.29) is 56.6 Å². The number of amides is 3. The molecule has 0 radical (unpaired) electrons. The maximum absolute atomic E-state index is 13.4. The van der Waals surface area contributed by atoms with E-state index in [0.717, 1.165) is 79.6 Å². The highest BCUT2D eigenvalue weighted by Crippen LogP contribution is 2.37. The number of halogens is 6. The van der Waals surface area contributed by atoms with Crippen LogP contribution in [0.25, 0.3) is 0 Å². The van der Waals surface area contributed by atoms with Crippen LogP contribution in [0.3, 0.4) is 0 Å². The first-order chi connectivity index (χ1) is 45.7. The zero-order valence-electron chi connectivity index (χ0n) is 51.3. The Morgan fingerprint density at radius 2 is 0.646 bits per heavy atom. The first kappa shape index (κ1) is 79.4. The van der Waals surface area contributed by atoms with Gasteiger partial charge in [0.05, 0.1) is 33.2 Å². The van der Waals surface area contributed by atoms with Crippen LogP contribution in [0.1, 0.15) is 106 Å². The Kier molecular flexibility index (Phi) is 27.8. The van der Waals surface area contributed by atoms with Gasteiger partial charge in [0, 0.05) is 86.7 Å². The van der Waals surface area contributed by atoms with Crippen molar-refractivity contribution in [2.24, 2.45) is 0 Å². The Morgan fingerprint density at radius 3 is 0.879 bits per heavy atom. The second kappa shape index (κ2) is 34.6. The fourth-order valence-electron chi connectivity index (χ4n) is 10.7. The molecular weight excluding hydrogens is 1450 g/mol. The van der Waals surface area contributed by atoms with Crippen LogP contribution >= 0.6 is 68.8 Å². The molecule has 6 aromatic carbocycles. The number of carbonyl (C=O) groups is 3. The maximum atomic E-state index is 13.4. The second-order valence-corrected chi connectivity index (χ2v) is 32.7. The molecule has 6 N–H and O–H groups in total. The molecule has 6 atom stereocenters. The van der Waals surface area contributed by atoms with E-state index < -0.39 is 102 Å². The first-order valence-corrected chi connectivity index (χ1v) is 37.5. The molecule has 3 aromatic heterocycles. The van der Waals surface area contributed by atoms with Crippen LogP contribution in [0, 0.1) is 17.5 Å². The van der Waals surface area contributed by atoms with Gasteiger partial charge in [-0.1, -0.05) is 148 Å². The Labute approximate surface area is 604 Å². The number of hydrogen-bond acceptors (Lipinski definition) is 12. The van der Waals surface area contributed by atoms with Gasteiger partial charge in [0.25, 0.3) is 30.6 Å². The Bertz CT molecular complexity index is 4160. The first-order valence-electron chi connectivity index (χ1n) is 29.6. The summed E-state index contributed by atoms with van der Waals surface area (Å²) < 4.78 is 127. The molecule has 6 heterocycles. The van der Waals surface area contributed by atoms with Gasteiger partial charge in [0.2, 0.25) is 17.7 Å². The Balaban J connectivity index is 0.000000206. The lowest BCUT2D eigenvalue weighted by Crippen LogP contribution is -2.55. The molecule has 0 saturated carbocycles. The topological polar surface area (TPSA) is 236 Å². The molecule has 3 aliphatic heterocycles. The molecule has 9 aromatic rings. The molecule has 30 heteroatoms. The van der Waals surface area contributed by atoms with E-state index in [4.69, 9.17) is 34.8 Å². The minimum Gasteiger partial charge on any atom is -0.325 e. The monoisotopic (exact) mass is 1530 g/mol. The van der Waals surface area contributed by atoms with E-state index in [0.29, 0.717) is 17.1 Å². The molecule has 99 heavy (non-hydrogen) atoms. The number of nitrogens with one attached hydrogen (secondary N) is 6. The van der Waals surface area contributed by atoms with Gasteiger partial charge in [-0.15, -0.1) is 34.0 Å². The normalized spacial score (nSPS) is 20.1. The van der Waals surface area contributed by atoms with Crippen molar-refractivity contribution in [3.8, 4) is 0 Å². The summed E-state index contributed by atoms with van der Waals surface area (Å²) >= 11 is 21.9. The number of benzene rings is 6. The van der Waals surface area contributed by atoms with Gasteiger partial charge >= 0.3 is 0 Å².